The van der Waals surface area contributed by atoms with Crippen molar-refractivity contribution < 1.29 is 9.90 Å². The minimum atomic E-state index is -0.117. The second-order valence-electron chi connectivity index (χ2n) is 5.28. The molecule has 3 rings (SSSR count). The van der Waals surface area contributed by atoms with Crippen molar-refractivity contribution in [3.05, 3.63) is 64.4 Å². The molecule has 0 aliphatic heterocycles. The number of amides is 1. The molecule has 1 amide bonds. The maximum Gasteiger partial charge on any atom is 0.253 e. The van der Waals surface area contributed by atoms with E-state index in [1.165, 1.54) is 11.3 Å². The van der Waals surface area contributed by atoms with Crippen LogP contribution < -0.4 is 5.32 Å². The lowest BCUT2D eigenvalue weighted by molar-refractivity contribution is 0.0950. The van der Waals surface area contributed by atoms with E-state index in [9.17, 15) is 9.90 Å². The minimum absolute atomic E-state index is 0.117. The molecule has 0 fully saturated rings. The van der Waals surface area contributed by atoms with Gasteiger partial charge in [0.25, 0.3) is 5.91 Å². The van der Waals surface area contributed by atoms with E-state index in [0.717, 1.165) is 22.1 Å². The third-order valence-electron chi connectivity index (χ3n) is 3.68. The molecule has 0 aliphatic rings. The van der Waals surface area contributed by atoms with Crippen LogP contribution in [-0.2, 0) is 6.54 Å². The van der Waals surface area contributed by atoms with Gasteiger partial charge < -0.3 is 10.4 Å². The molecule has 2 heterocycles. The Morgan fingerprint density at radius 1 is 1.30 bits per heavy atom. The average Bonchev–Trinajstić information content (AvgIpc) is 3.14. The number of aromatic hydroxyl groups is 1. The highest BCUT2D eigenvalue weighted by atomic mass is 32.1. The van der Waals surface area contributed by atoms with Gasteiger partial charge in [0.05, 0.1) is 5.56 Å². The van der Waals surface area contributed by atoms with Crippen molar-refractivity contribution in [1.29, 1.82) is 0 Å². The Hall–Kier alpha value is -2.60. The number of aryl methyl sites for hydroxylation is 1. The van der Waals surface area contributed by atoms with E-state index >= 15 is 0 Å². The number of carbonyl (C=O) groups excluding carboxylic acids is 1. The summed E-state index contributed by atoms with van der Waals surface area (Å²) in [5.41, 5.74) is 3.44. The normalized spacial score (nSPS) is 10.7. The van der Waals surface area contributed by atoms with Crippen LogP contribution in [0.2, 0.25) is 0 Å². The third-order valence-corrected chi connectivity index (χ3v) is 4.43. The van der Waals surface area contributed by atoms with Gasteiger partial charge in [-0.1, -0.05) is 12.1 Å². The summed E-state index contributed by atoms with van der Waals surface area (Å²) >= 11 is 1.54. The van der Waals surface area contributed by atoms with E-state index in [4.69, 9.17) is 0 Å². The standard InChI is InChI=1S/C17H17N3O2S/c1-11-9-15(12(2)20(11)17-18-7-8-23-17)16(22)19-10-13-3-5-14(21)6-4-13/h3-9,21H,10H2,1-2H3,(H,19,22). The first kappa shape index (κ1) is 15.3. The monoisotopic (exact) mass is 327 g/mol. The van der Waals surface area contributed by atoms with Crippen LogP contribution in [0.1, 0.15) is 27.3 Å². The fraction of sp³-hybridized carbons (Fsp3) is 0.176. The van der Waals surface area contributed by atoms with Crippen LogP contribution >= 0.6 is 11.3 Å². The number of nitrogens with zero attached hydrogens (tertiary/aromatic N) is 2. The molecule has 2 N–H and O–H groups in total. The van der Waals surface area contributed by atoms with Crippen molar-refractivity contribution in [2.24, 2.45) is 0 Å². The number of phenols is 1. The number of carbonyl (C=O) groups is 1. The molecule has 5 nitrogen and oxygen atoms in total. The maximum atomic E-state index is 12.5. The van der Waals surface area contributed by atoms with E-state index in [-0.39, 0.29) is 11.7 Å². The van der Waals surface area contributed by atoms with Gasteiger partial charge in [0.15, 0.2) is 5.13 Å². The van der Waals surface area contributed by atoms with Gasteiger partial charge in [-0.25, -0.2) is 4.98 Å². The van der Waals surface area contributed by atoms with Gasteiger partial charge in [0, 0.05) is 29.5 Å². The topological polar surface area (TPSA) is 67.2 Å². The quantitative estimate of drug-likeness (QED) is 0.773. The van der Waals surface area contributed by atoms with Crippen LogP contribution in [0.4, 0.5) is 0 Å². The maximum absolute atomic E-state index is 12.5. The molecular formula is C17H17N3O2S. The zero-order chi connectivity index (χ0) is 16.4. The van der Waals surface area contributed by atoms with Crippen molar-refractivity contribution in [3.63, 3.8) is 0 Å². The summed E-state index contributed by atoms with van der Waals surface area (Å²) < 4.78 is 1.99. The summed E-state index contributed by atoms with van der Waals surface area (Å²) in [4.78, 5) is 16.8. The molecule has 0 radical (unpaired) electrons. The molecule has 0 unspecified atom stereocenters. The van der Waals surface area contributed by atoms with Gasteiger partial charge in [-0.2, -0.15) is 0 Å². The van der Waals surface area contributed by atoms with Gasteiger partial charge >= 0.3 is 0 Å². The van der Waals surface area contributed by atoms with E-state index in [1.54, 1.807) is 30.5 Å². The number of hydrogen-bond acceptors (Lipinski definition) is 4. The summed E-state index contributed by atoms with van der Waals surface area (Å²) in [5, 5.41) is 15.0. The molecule has 0 saturated carbocycles. The zero-order valence-electron chi connectivity index (χ0n) is 12.9. The molecule has 0 saturated heterocycles. The SMILES string of the molecule is Cc1cc(C(=O)NCc2ccc(O)cc2)c(C)n1-c1nccs1. The number of hydrogen-bond donors (Lipinski definition) is 2. The van der Waals surface area contributed by atoms with Crippen molar-refractivity contribution >= 4 is 17.2 Å². The molecule has 6 heteroatoms. The number of benzene rings is 1. The van der Waals surface area contributed by atoms with Crippen molar-refractivity contribution in [3.8, 4) is 10.9 Å². The van der Waals surface area contributed by atoms with Gasteiger partial charge in [0.2, 0.25) is 0 Å². The van der Waals surface area contributed by atoms with Crippen LogP contribution in [0, 0.1) is 13.8 Å². The molecule has 118 valence electrons. The number of thiazole rings is 1. The third kappa shape index (κ3) is 3.12. The van der Waals surface area contributed by atoms with Crippen LogP contribution in [-0.4, -0.2) is 20.6 Å². The van der Waals surface area contributed by atoms with Gasteiger partial charge in [-0.3, -0.25) is 9.36 Å². The fourth-order valence-electron chi connectivity index (χ4n) is 2.50. The molecule has 1 aromatic carbocycles. The fourth-order valence-corrected chi connectivity index (χ4v) is 3.26. The minimum Gasteiger partial charge on any atom is -0.508 e. The highest BCUT2D eigenvalue weighted by molar-refractivity contribution is 7.12. The molecule has 0 atom stereocenters. The molecule has 0 bridgehead atoms. The zero-order valence-corrected chi connectivity index (χ0v) is 13.7. The highest BCUT2D eigenvalue weighted by Gasteiger charge is 2.17. The smallest absolute Gasteiger partial charge is 0.253 e. The number of rotatable bonds is 4. The van der Waals surface area contributed by atoms with Crippen molar-refractivity contribution in [2.75, 3.05) is 0 Å². The predicted octanol–water partition coefficient (Wildman–Crippen LogP) is 3.19. The van der Waals surface area contributed by atoms with E-state index in [0.29, 0.717) is 12.1 Å². The van der Waals surface area contributed by atoms with Crippen molar-refractivity contribution in [2.45, 2.75) is 20.4 Å². The number of nitrogens with one attached hydrogen (secondary N) is 1. The van der Waals surface area contributed by atoms with Crippen LogP contribution in [0.5, 0.6) is 5.75 Å². The second kappa shape index (κ2) is 6.26. The molecule has 0 spiro atoms. The highest BCUT2D eigenvalue weighted by Crippen LogP contribution is 2.22. The first-order chi connectivity index (χ1) is 11.1. The Morgan fingerprint density at radius 2 is 2.04 bits per heavy atom. The summed E-state index contributed by atoms with van der Waals surface area (Å²) in [7, 11) is 0. The van der Waals surface area contributed by atoms with Crippen LogP contribution in [0.25, 0.3) is 5.13 Å². The Morgan fingerprint density at radius 3 is 2.70 bits per heavy atom. The summed E-state index contributed by atoms with van der Waals surface area (Å²) in [6.07, 6.45) is 1.75. The molecule has 2 aromatic heterocycles. The molecule has 3 aromatic rings. The second-order valence-corrected chi connectivity index (χ2v) is 6.16. The first-order valence-corrected chi connectivity index (χ1v) is 8.09. The van der Waals surface area contributed by atoms with Gasteiger partial charge in [-0.05, 0) is 37.6 Å². The summed E-state index contributed by atoms with van der Waals surface area (Å²) in [5.74, 6) is 0.0982. The van der Waals surface area contributed by atoms with Crippen LogP contribution in [0.15, 0.2) is 41.9 Å². The van der Waals surface area contributed by atoms with E-state index in [1.807, 2.05) is 29.9 Å². The number of aromatic nitrogens is 2. The van der Waals surface area contributed by atoms with E-state index < -0.39 is 0 Å². The van der Waals surface area contributed by atoms with Gasteiger partial charge in [-0.15, -0.1) is 11.3 Å². The lowest BCUT2D eigenvalue weighted by Crippen LogP contribution is -2.23. The number of phenolic OH excluding ortho intramolecular Hbond substituents is 1. The average molecular weight is 327 g/mol. The summed E-state index contributed by atoms with van der Waals surface area (Å²) in [6.45, 7) is 4.30. The molecule has 23 heavy (non-hydrogen) atoms. The van der Waals surface area contributed by atoms with E-state index in [2.05, 4.69) is 10.3 Å². The molecular weight excluding hydrogens is 310 g/mol. The van der Waals surface area contributed by atoms with Crippen molar-refractivity contribution in [1.82, 2.24) is 14.9 Å². The Bertz CT molecular complexity index is 820. The van der Waals surface area contributed by atoms with Gasteiger partial charge in [0.1, 0.15) is 5.75 Å². The molecule has 0 aliphatic carbocycles. The lowest BCUT2D eigenvalue weighted by atomic mass is 10.2. The predicted molar refractivity (Wildman–Crippen MR) is 90.2 cm³/mol. The van der Waals surface area contributed by atoms with Crippen LogP contribution in [0.3, 0.4) is 0 Å². The lowest BCUT2D eigenvalue weighted by Gasteiger charge is -2.07. The first-order valence-electron chi connectivity index (χ1n) is 7.21. The Kier molecular flexibility index (Phi) is 4.16. The Balaban J connectivity index is 1.78. The Labute approximate surface area is 138 Å². The summed E-state index contributed by atoms with van der Waals surface area (Å²) in [6, 6.07) is 8.66. The largest absolute Gasteiger partial charge is 0.508 e.